The van der Waals surface area contributed by atoms with E-state index in [-0.39, 0.29) is 24.7 Å². The summed E-state index contributed by atoms with van der Waals surface area (Å²) in [5.74, 6) is 0. The third kappa shape index (κ3) is 3.33. The van der Waals surface area contributed by atoms with Crippen LogP contribution in [-0.2, 0) is 0 Å². The molecule has 2 unspecified atom stereocenters. The van der Waals surface area contributed by atoms with E-state index < -0.39 is 0 Å². The Morgan fingerprint density at radius 3 is 2.95 bits per heavy atom. The maximum absolute atomic E-state index is 12.4. The van der Waals surface area contributed by atoms with E-state index in [0.717, 1.165) is 35.8 Å². The quantitative estimate of drug-likeness (QED) is 0.884. The van der Waals surface area contributed by atoms with E-state index in [1.807, 2.05) is 24.3 Å². The van der Waals surface area contributed by atoms with Gasteiger partial charge in [0, 0.05) is 11.0 Å². The van der Waals surface area contributed by atoms with Crippen LogP contribution < -0.4 is 5.32 Å². The molecule has 2 N–H and O–H groups in total. The van der Waals surface area contributed by atoms with Crippen LogP contribution in [0.4, 0.5) is 4.79 Å². The summed E-state index contributed by atoms with van der Waals surface area (Å²) in [6, 6.07) is 7.81. The summed E-state index contributed by atoms with van der Waals surface area (Å²) in [4.78, 5) is 14.1. The van der Waals surface area contributed by atoms with Crippen LogP contribution in [0, 0.1) is 0 Å². The fraction of sp³-hybridized carbons (Fsp3) is 0.533. The number of hydrogen-bond donors (Lipinski definition) is 2. The lowest BCUT2D eigenvalue weighted by Gasteiger charge is -2.27. The van der Waals surface area contributed by atoms with Gasteiger partial charge in [0.05, 0.1) is 18.7 Å². The molecular weight excluding hydrogens is 320 g/mol. The van der Waals surface area contributed by atoms with Crippen molar-refractivity contribution in [1.29, 1.82) is 0 Å². The highest BCUT2D eigenvalue weighted by Gasteiger charge is 2.29. The number of aliphatic hydroxyl groups is 1. The molecule has 0 bridgehead atoms. The Hall–Kier alpha value is -1.07. The Bertz CT molecular complexity index is 467. The highest BCUT2D eigenvalue weighted by Crippen LogP contribution is 2.26. The van der Waals surface area contributed by atoms with Crippen LogP contribution in [0.3, 0.4) is 0 Å². The molecule has 1 aliphatic heterocycles. The van der Waals surface area contributed by atoms with Crippen LogP contribution >= 0.6 is 15.9 Å². The highest BCUT2D eigenvalue weighted by atomic mass is 79.9. The van der Waals surface area contributed by atoms with Gasteiger partial charge < -0.3 is 15.3 Å². The standard InChI is InChI=1S/C15H21BrN2O2/c1-2-14(12-7-3-4-8-13(12)16)17-15(20)18-9-5-6-11(18)10-19/h3-4,7-8,11,14,19H,2,5-6,9-10H2,1H3,(H,17,20). The fourth-order valence-electron chi connectivity index (χ4n) is 2.68. The molecule has 0 saturated carbocycles. The second kappa shape index (κ2) is 7.09. The summed E-state index contributed by atoms with van der Waals surface area (Å²) in [6.07, 6.45) is 2.67. The molecule has 0 aromatic heterocycles. The van der Waals surface area contributed by atoms with Gasteiger partial charge >= 0.3 is 6.03 Å². The first-order chi connectivity index (χ1) is 9.67. The Labute approximate surface area is 128 Å². The van der Waals surface area contributed by atoms with Gasteiger partial charge in [0.15, 0.2) is 0 Å². The minimum absolute atomic E-state index is 0.0157. The fourth-order valence-corrected chi connectivity index (χ4v) is 3.24. The average Bonchev–Trinajstić information content (AvgIpc) is 2.94. The van der Waals surface area contributed by atoms with Crippen LogP contribution in [0.5, 0.6) is 0 Å². The van der Waals surface area contributed by atoms with Crippen LogP contribution in [-0.4, -0.2) is 35.2 Å². The van der Waals surface area contributed by atoms with Crippen molar-refractivity contribution in [3.05, 3.63) is 34.3 Å². The summed E-state index contributed by atoms with van der Waals surface area (Å²) in [7, 11) is 0. The van der Waals surface area contributed by atoms with Gasteiger partial charge in [-0.1, -0.05) is 41.1 Å². The van der Waals surface area contributed by atoms with Gasteiger partial charge in [0.25, 0.3) is 0 Å². The molecule has 1 saturated heterocycles. The first-order valence-corrected chi connectivity index (χ1v) is 7.89. The molecule has 110 valence electrons. The number of hydrogen-bond acceptors (Lipinski definition) is 2. The number of nitrogens with one attached hydrogen (secondary N) is 1. The topological polar surface area (TPSA) is 52.6 Å². The second-order valence-electron chi connectivity index (χ2n) is 5.10. The van der Waals surface area contributed by atoms with Gasteiger partial charge in [0.2, 0.25) is 0 Å². The van der Waals surface area contributed by atoms with Crippen LogP contribution in [0.1, 0.15) is 37.8 Å². The van der Waals surface area contributed by atoms with Crippen molar-refractivity contribution in [3.8, 4) is 0 Å². The van der Waals surface area contributed by atoms with Crippen molar-refractivity contribution in [2.75, 3.05) is 13.2 Å². The number of benzene rings is 1. The number of rotatable bonds is 4. The zero-order valence-corrected chi connectivity index (χ0v) is 13.3. The lowest BCUT2D eigenvalue weighted by molar-refractivity contribution is 0.154. The third-order valence-electron chi connectivity index (χ3n) is 3.84. The predicted molar refractivity (Wildman–Crippen MR) is 82.5 cm³/mol. The van der Waals surface area contributed by atoms with Gasteiger partial charge in [-0.15, -0.1) is 0 Å². The van der Waals surface area contributed by atoms with Crippen molar-refractivity contribution < 1.29 is 9.90 Å². The number of likely N-dealkylation sites (tertiary alicyclic amines) is 1. The lowest BCUT2D eigenvalue weighted by atomic mass is 10.0. The predicted octanol–water partition coefficient (Wildman–Crippen LogP) is 3.07. The van der Waals surface area contributed by atoms with E-state index >= 15 is 0 Å². The Morgan fingerprint density at radius 2 is 2.30 bits per heavy atom. The molecule has 2 amide bonds. The molecule has 0 radical (unpaired) electrons. The molecule has 1 fully saturated rings. The van der Waals surface area contributed by atoms with Crippen molar-refractivity contribution in [2.24, 2.45) is 0 Å². The summed E-state index contributed by atoms with van der Waals surface area (Å²) >= 11 is 3.53. The van der Waals surface area contributed by atoms with Gasteiger partial charge in [-0.3, -0.25) is 0 Å². The molecule has 4 nitrogen and oxygen atoms in total. The van der Waals surface area contributed by atoms with E-state index in [1.54, 1.807) is 4.90 Å². The van der Waals surface area contributed by atoms with E-state index in [2.05, 4.69) is 28.2 Å². The number of aliphatic hydroxyl groups excluding tert-OH is 1. The largest absolute Gasteiger partial charge is 0.394 e. The average molecular weight is 341 g/mol. The Balaban J connectivity index is 2.07. The van der Waals surface area contributed by atoms with Gasteiger partial charge in [-0.25, -0.2) is 4.79 Å². The molecule has 1 aliphatic rings. The molecule has 0 spiro atoms. The third-order valence-corrected chi connectivity index (χ3v) is 4.56. The SMILES string of the molecule is CCC(NC(=O)N1CCCC1CO)c1ccccc1Br. The summed E-state index contributed by atoms with van der Waals surface area (Å²) < 4.78 is 1.01. The molecule has 5 heteroatoms. The highest BCUT2D eigenvalue weighted by molar-refractivity contribution is 9.10. The first-order valence-electron chi connectivity index (χ1n) is 7.09. The monoisotopic (exact) mass is 340 g/mol. The minimum Gasteiger partial charge on any atom is -0.394 e. The molecule has 2 rings (SSSR count). The number of urea groups is 1. The Kier molecular flexibility index (Phi) is 5.43. The van der Waals surface area contributed by atoms with E-state index in [0.29, 0.717) is 0 Å². The zero-order valence-electron chi connectivity index (χ0n) is 11.7. The maximum atomic E-state index is 12.4. The normalized spacial score (nSPS) is 19.9. The minimum atomic E-state index is -0.0795. The molecule has 1 heterocycles. The summed E-state index contributed by atoms with van der Waals surface area (Å²) in [5, 5.41) is 12.4. The van der Waals surface area contributed by atoms with E-state index in [1.165, 1.54) is 0 Å². The second-order valence-corrected chi connectivity index (χ2v) is 5.96. The smallest absolute Gasteiger partial charge is 0.318 e. The molecule has 1 aromatic carbocycles. The van der Waals surface area contributed by atoms with Crippen molar-refractivity contribution >= 4 is 22.0 Å². The van der Waals surface area contributed by atoms with E-state index in [9.17, 15) is 9.90 Å². The van der Waals surface area contributed by atoms with Crippen molar-refractivity contribution in [1.82, 2.24) is 10.2 Å². The zero-order chi connectivity index (χ0) is 14.5. The molecular formula is C15H21BrN2O2. The molecule has 20 heavy (non-hydrogen) atoms. The van der Waals surface area contributed by atoms with Crippen molar-refractivity contribution in [2.45, 2.75) is 38.3 Å². The number of carbonyl (C=O) groups is 1. The molecule has 2 atom stereocenters. The lowest BCUT2D eigenvalue weighted by Crippen LogP contribution is -2.45. The number of nitrogens with zero attached hydrogens (tertiary/aromatic N) is 1. The van der Waals surface area contributed by atoms with E-state index in [4.69, 9.17) is 0 Å². The number of halogens is 1. The number of amides is 2. The maximum Gasteiger partial charge on any atom is 0.318 e. The summed E-state index contributed by atoms with van der Waals surface area (Å²) in [5.41, 5.74) is 1.09. The van der Waals surface area contributed by atoms with Gasteiger partial charge in [0.1, 0.15) is 0 Å². The van der Waals surface area contributed by atoms with Crippen molar-refractivity contribution in [3.63, 3.8) is 0 Å². The van der Waals surface area contributed by atoms with Gasteiger partial charge in [-0.05, 0) is 30.9 Å². The molecule has 0 aliphatic carbocycles. The molecule has 1 aromatic rings. The summed E-state index contributed by atoms with van der Waals surface area (Å²) in [6.45, 7) is 2.82. The number of carbonyl (C=O) groups excluding carboxylic acids is 1. The van der Waals surface area contributed by atoms with Gasteiger partial charge in [-0.2, -0.15) is 0 Å². The van der Waals surface area contributed by atoms with Crippen LogP contribution in [0.15, 0.2) is 28.7 Å². The van der Waals surface area contributed by atoms with Crippen LogP contribution in [0.25, 0.3) is 0 Å². The first kappa shape index (κ1) is 15.3. The Morgan fingerprint density at radius 1 is 1.55 bits per heavy atom. The van der Waals surface area contributed by atoms with Crippen LogP contribution in [0.2, 0.25) is 0 Å².